The number of aldehydes is 1. The van der Waals surface area contributed by atoms with Crippen LogP contribution in [0.15, 0.2) is 48.7 Å². The molecule has 3 aromatic rings. The lowest BCUT2D eigenvalue weighted by Crippen LogP contribution is -2.57. The third kappa shape index (κ3) is 7.50. The van der Waals surface area contributed by atoms with Gasteiger partial charge >= 0.3 is 0 Å². The number of ketones is 1. The summed E-state index contributed by atoms with van der Waals surface area (Å²) in [6, 6.07) is 13.2. The van der Waals surface area contributed by atoms with Crippen molar-refractivity contribution in [2.24, 2.45) is 0 Å². The molecule has 8 nitrogen and oxygen atoms in total. The van der Waals surface area contributed by atoms with E-state index in [1.54, 1.807) is 4.90 Å². The molecule has 0 aliphatic carbocycles. The predicted octanol–water partition coefficient (Wildman–Crippen LogP) is 4.19. The first-order valence-electron chi connectivity index (χ1n) is 12.7. The Labute approximate surface area is 219 Å². The van der Waals surface area contributed by atoms with Crippen LogP contribution in [0.4, 0.5) is 0 Å². The lowest BCUT2D eigenvalue weighted by Gasteiger charge is -2.44. The van der Waals surface area contributed by atoms with Gasteiger partial charge in [0.05, 0.1) is 11.1 Å². The summed E-state index contributed by atoms with van der Waals surface area (Å²) in [5.74, 6) is -1.12. The van der Waals surface area contributed by atoms with E-state index < -0.39 is 5.78 Å². The van der Waals surface area contributed by atoms with Crippen molar-refractivity contribution in [3.05, 3.63) is 65.4 Å². The number of piperazine rings is 1. The number of hydrogen-bond acceptors (Lipinski definition) is 6. The number of H-pyrrole nitrogens is 1. The Morgan fingerprint density at radius 1 is 1.03 bits per heavy atom. The highest BCUT2D eigenvalue weighted by atomic mass is 16.3. The van der Waals surface area contributed by atoms with E-state index in [0.29, 0.717) is 24.0 Å². The molecule has 0 saturated carbocycles. The van der Waals surface area contributed by atoms with E-state index in [9.17, 15) is 19.5 Å². The van der Waals surface area contributed by atoms with Crippen molar-refractivity contribution in [1.82, 2.24) is 19.7 Å². The maximum Gasteiger partial charge on any atom is 0.257 e. The highest BCUT2D eigenvalue weighted by Gasteiger charge is 2.33. The van der Waals surface area contributed by atoms with Gasteiger partial charge in [-0.25, -0.2) is 0 Å². The molecule has 1 aliphatic heterocycles. The van der Waals surface area contributed by atoms with Crippen LogP contribution in [0.5, 0.6) is 5.75 Å². The van der Waals surface area contributed by atoms with Crippen molar-refractivity contribution in [1.29, 1.82) is 0 Å². The third-order valence-corrected chi connectivity index (χ3v) is 6.01. The number of carbonyl (C=O) groups is 3. The van der Waals surface area contributed by atoms with Crippen LogP contribution in [-0.2, 0) is 11.3 Å². The zero-order chi connectivity index (χ0) is 27.7. The van der Waals surface area contributed by atoms with Crippen molar-refractivity contribution in [2.75, 3.05) is 34.2 Å². The number of hydrogen-bond donors (Lipinski definition) is 2. The number of carbonyl (C=O) groups excluding carboxylic acids is 3. The van der Waals surface area contributed by atoms with Gasteiger partial charge in [-0.2, -0.15) is 0 Å². The lowest BCUT2D eigenvalue weighted by atomic mass is 10.0. The summed E-state index contributed by atoms with van der Waals surface area (Å²) in [4.78, 5) is 45.1. The average molecular weight is 509 g/mol. The molecule has 37 heavy (non-hydrogen) atoms. The Kier molecular flexibility index (Phi) is 11.0. The number of nitrogens with one attached hydrogen (secondary N) is 1. The number of aromatic amines is 1. The van der Waals surface area contributed by atoms with Crippen molar-refractivity contribution < 1.29 is 19.5 Å². The van der Waals surface area contributed by atoms with Gasteiger partial charge in [0.2, 0.25) is 5.78 Å². The molecular weight excluding hydrogens is 468 g/mol. The zero-order valence-electron chi connectivity index (χ0n) is 23.0. The van der Waals surface area contributed by atoms with Crippen molar-refractivity contribution in [2.45, 2.75) is 46.3 Å². The number of aromatic hydroxyl groups is 1. The Hall–Kier alpha value is -3.49. The van der Waals surface area contributed by atoms with Gasteiger partial charge < -0.3 is 19.9 Å². The van der Waals surface area contributed by atoms with E-state index >= 15 is 0 Å². The predicted molar refractivity (Wildman–Crippen MR) is 148 cm³/mol. The molecule has 1 saturated heterocycles. The van der Waals surface area contributed by atoms with E-state index in [2.05, 4.69) is 28.9 Å². The number of fused-ring (bicyclic) bond motifs is 1. The van der Waals surface area contributed by atoms with E-state index in [-0.39, 0.29) is 41.2 Å². The molecule has 1 amide bonds. The maximum atomic E-state index is 13.3. The summed E-state index contributed by atoms with van der Waals surface area (Å²) >= 11 is 0. The number of nitrogens with zero attached hydrogens (tertiary/aromatic N) is 3. The second-order valence-corrected chi connectivity index (χ2v) is 9.51. The van der Waals surface area contributed by atoms with E-state index in [0.717, 1.165) is 6.54 Å². The molecule has 200 valence electrons. The van der Waals surface area contributed by atoms with Crippen LogP contribution in [0.25, 0.3) is 10.9 Å². The number of Topliss-reactive ketones (excluding diaryl/α,β-unsaturated/α-hetero) is 1. The monoisotopic (exact) mass is 508 g/mol. The topological polar surface area (TPSA) is 97.0 Å². The molecule has 8 heteroatoms. The number of benzene rings is 2. The van der Waals surface area contributed by atoms with Gasteiger partial charge in [-0.1, -0.05) is 44.2 Å². The van der Waals surface area contributed by atoms with E-state index in [1.165, 1.54) is 23.9 Å². The number of aromatic nitrogens is 1. The quantitative estimate of drug-likeness (QED) is 0.305. The molecule has 2 aromatic carbocycles. The van der Waals surface area contributed by atoms with Gasteiger partial charge in [0.15, 0.2) is 6.29 Å². The van der Waals surface area contributed by atoms with Crippen LogP contribution < -0.4 is 0 Å². The second-order valence-electron chi connectivity index (χ2n) is 9.51. The minimum absolute atomic E-state index is 0.0511. The number of amides is 1. The van der Waals surface area contributed by atoms with Crippen LogP contribution in [0.3, 0.4) is 0 Å². The number of phenols is 1. The van der Waals surface area contributed by atoms with Gasteiger partial charge in [0, 0.05) is 54.9 Å². The second kappa shape index (κ2) is 13.7. The molecule has 2 atom stereocenters. The van der Waals surface area contributed by atoms with Crippen LogP contribution >= 0.6 is 0 Å². The maximum absolute atomic E-state index is 13.3. The number of phenolic OH excluding ortho intramolecular Hbond substituents is 1. The molecule has 0 bridgehead atoms. The highest BCUT2D eigenvalue weighted by Crippen LogP contribution is 2.30. The molecule has 1 aromatic heterocycles. The molecule has 1 aliphatic rings. The van der Waals surface area contributed by atoms with E-state index in [1.807, 2.05) is 65.0 Å². The summed E-state index contributed by atoms with van der Waals surface area (Å²) in [6.07, 6.45) is 1.66. The summed E-state index contributed by atoms with van der Waals surface area (Å²) in [6.45, 7) is 10.1. The Morgan fingerprint density at radius 3 is 2.24 bits per heavy atom. The van der Waals surface area contributed by atoms with Crippen LogP contribution in [-0.4, -0.2) is 89.1 Å². The smallest absolute Gasteiger partial charge is 0.257 e. The Morgan fingerprint density at radius 2 is 1.65 bits per heavy atom. The molecule has 1 fully saturated rings. The minimum Gasteiger partial charge on any atom is -0.507 e. The van der Waals surface area contributed by atoms with Crippen molar-refractivity contribution in [3.8, 4) is 5.75 Å². The lowest BCUT2D eigenvalue weighted by molar-refractivity contribution is -0.104. The number of rotatable bonds is 5. The van der Waals surface area contributed by atoms with Gasteiger partial charge in [0.1, 0.15) is 5.75 Å². The first-order valence-corrected chi connectivity index (χ1v) is 12.7. The SMILES string of the molecule is CC.CC1CN(Cc2ccccc2)[C@@H](C)CN1C(=O)c1cc2c(C(=O)C=O)c[nH]c2cc1O.CN(C)C. The highest BCUT2D eigenvalue weighted by molar-refractivity contribution is 6.36. The molecule has 2 heterocycles. The van der Waals surface area contributed by atoms with E-state index in [4.69, 9.17) is 0 Å². The first kappa shape index (κ1) is 29.7. The molecule has 4 rings (SSSR count). The fraction of sp³-hybridized carbons (Fsp3) is 0.414. The van der Waals surface area contributed by atoms with Crippen LogP contribution in [0.1, 0.15) is 54.0 Å². The zero-order valence-corrected chi connectivity index (χ0v) is 23.0. The first-order chi connectivity index (χ1) is 17.6. The van der Waals surface area contributed by atoms with Crippen LogP contribution in [0, 0.1) is 0 Å². The van der Waals surface area contributed by atoms with Crippen molar-refractivity contribution >= 4 is 28.9 Å². The molecule has 0 radical (unpaired) electrons. The van der Waals surface area contributed by atoms with Crippen LogP contribution in [0.2, 0.25) is 0 Å². The standard InChI is InChI=1S/C24H25N3O4.C3H9N.C2H6/c1-15-12-27(16(2)11-26(15)13-17-6-4-3-5-7-17)24(31)19-8-18-20(23(30)14-28)10-25-21(18)9-22(19)29;1-4(2)3;1-2/h3-10,14-16,25,29H,11-13H2,1-2H3;1-3H3;1-2H3/t15-,16?;;/m0../s1. The molecule has 2 N–H and O–H groups in total. The fourth-order valence-corrected chi connectivity index (χ4v) is 4.27. The molecule has 1 unspecified atom stereocenters. The summed E-state index contributed by atoms with van der Waals surface area (Å²) in [5, 5.41) is 10.9. The minimum atomic E-state index is -0.674. The third-order valence-electron chi connectivity index (χ3n) is 6.01. The summed E-state index contributed by atoms with van der Waals surface area (Å²) in [5.41, 5.74) is 2.04. The fourth-order valence-electron chi connectivity index (χ4n) is 4.27. The Balaban J connectivity index is 0.000000733. The molecular formula is C29H40N4O4. The van der Waals surface area contributed by atoms with Crippen molar-refractivity contribution in [3.63, 3.8) is 0 Å². The van der Waals surface area contributed by atoms with Gasteiger partial charge in [-0.15, -0.1) is 0 Å². The van der Waals surface area contributed by atoms with Gasteiger partial charge in [0.25, 0.3) is 5.91 Å². The normalized spacial score (nSPS) is 17.5. The van der Waals surface area contributed by atoms with Gasteiger partial charge in [-0.3, -0.25) is 19.3 Å². The summed E-state index contributed by atoms with van der Waals surface area (Å²) in [7, 11) is 6.00. The largest absolute Gasteiger partial charge is 0.507 e. The average Bonchev–Trinajstić information content (AvgIpc) is 3.28. The Bertz CT molecular complexity index is 1190. The van der Waals surface area contributed by atoms with Gasteiger partial charge in [-0.05, 0) is 46.6 Å². The molecule has 0 spiro atoms. The summed E-state index contributed by atoms with van der Waals surface area (Å²) < 4.78 is 0.